The van der Waals surface area contributed by atoms with E-state index in [1.54, 1.807) is 6.07 Å². The van der Waals surface area contributed by atoms with E-state index < -0.39 is 0 Å². The van der Waals surface area contributed by atoms with E-state index in [2.05, 4.69) is 27.3 Å². The molecule has 1 aliphatic carbocycles. The van der Waals surface area contributed by atoms with Gasteiger partial charge < -0.3 is 9.32 Å². The summed E-state index contributed by atoms with van der Waals surface area (Å²) in [7, 11) is 0. The van der Waals surface area contributed by atoms with Crippen LogP contribution >= 0.6 is 0 Å². The summed E-state index contributed by atoms with van der Waals surface area (Å²) < 4.78 is 6.96. The topological polar surface area (TPSA) is 80.3 Å². The summed E-state index contributed by atoms with van der Waals surface area (Å²) >= 11 is 0. The molecule has 1 aliphatic heterocycles. The zero-order chi connectivity index (χ0) is 15.8. The summed E-state index contributed by atoms with van der Waals surface area (Å²) in [5.74, 6) is 0.968. The number of nitrogens with zero attached hydrogens (tertiary/aromatic N) is 6. The first kappa shape index (κ1) is 14.4. The molecule has 1 saturated heterocycles. The molecule has 0 spiro atoms. The van der Waals surface area contributed by atoms with Crippen molar-refractivity contribution in [1.82, 2.24) is 30.0 Å². The fourth-order valence-electron chi connectivity index (χ4n) is 3.10. The van der Waals surface area contributed by atoms with Crippen LogP contribution in [0.5, 0.6) is 0 Å². The molecule has 2 aromatic rings. The van der Waals surface area contributed by atoms with Gasteiger partial charge in [0.1, 0.15) is 6.26 Å². The molecule has 1 atom stereocenters. The molecule has 0 radical (unpaired) electrons. The van der Waals surface area contributed by atoms with Crippen molar-refractivity contribution in [3.63, 3.8) is 0 Å². The van der Waals surface area contributed by atoms with Gasteiger partial charge in [-0.15, -0.1) is 5.10 Å². The van der Waals surface area contributed by atoms with Crippen LogP contribution in [0.2, 0.25) is 0 Å². The first-order chi connectivity index (χ1) is 11.2. The van der Waals surface area contributed by atoms with Gasteiger partial charge in [0.15, 0.2) is 5.82 Å². The third kappa shape index (κ3) is 2.74. The Morgan fingerprint density at radius 2 is 2.09 bits per heavy atom. The lowest BCUT2D eigenvalue weighted by Gasteiger charge is -2.37. The number of carbonyl (C=O) groups excluding carboxylic acids is 1. The molecule has 23 heavy (non-hydrogen) atoms. The smallest absolute Gasteiger partial charge is 0.257 e. The van der Waals surface area contributed by atoms with Gasteiger partial charge in [0, 0.05) is 26.2 Å². The van der Waals surface area contributed by atoms with Crippen molar-refractivity contribution in [3.8, 4) is 0 Å². The van der Waals surface area contributed by atoms with Crippen molar-refractivity contribution in [1.29, 1.82) is 0 Å². The van der Waals surface area contributed by atoms with Crippen molar-refractivity contribution in [2.45, 2.75) is 31.8 Å². The van der Waals surface area contributed by atoms with Gasteiger partial charge in [0.25, 0.3) is 5.91 Å². The van der Waals surface area contributed by atoms with Crippen LogP contribution in [-0.2, 0) is 0 Å². The van der Waals surface area contributed by atoms with Crippen LogP contribution < -0.4 is 0 Å². The monoisotopic (exact) mass is 316 g/mol. The second-order valence-corrected chi connectivity index (χ2v) is 6.23. The molecular formula is C15H20N6O2. The van der Waals surface area contributed by atoms with Crippen molar-refractivity contribution in [3.05, 3.63) is 30.0 Å². The van der Waals surface area contributed by atoms with Crippen LogP contribution in [0.1, 0.15) is 48.0 Å². The molecular weight excluding hydrogens is 296 g/mol. The van der Waals surface area contributed by atoms with Gasteiger partial charge in [0.2, 0.25) is 0 Å². The van der Waals surface area contributed by atoms with E-state index in [-0.39, 0.29) is 11.9 Å². The number of carbonyl (C=O) groups is 1. The molecule has 2 aromatic heterocycles. The molecule has 0 N–H and O–H groups in total. The highest BCUT2D eigenvalue weighted by atomic mass is 16.3. The maximum absolute atomic E-state index is 12.3. The van der Waals surface area contributed by atoms with E-state index in [9.17, 15) is 4.79 Å². The van der Waals surface area contributed by atoms with Crippen molar-refractivity contribution in [2.24, 2.45) is 0 Å². The number of piperazine rings is 1. The summed E-state index contributed by atoms with van der Waals surface area (Å²) in [6.07, 6.45) is 5.36. The second kappa shape index (κ2) is 5.77. The Kier molecular flexibility index (Phi) is 3.60. The molecule has 0 bridgehead atoms. The lowest BCUT2D eigenvalue weighted by Crippen LogP contribution is -2.49. The minimum absolute atomic E-state index is 0.0360. The molecule has 122 valence electrons. The molecule has 1 unspecified atom stereocenters. The first-order valence-corrected chi connectivity index (χ1v) is 8.07. The van der Waals surface area contributed by atoms with E-state index in [4.69, 9.17) is 4.42 Å². The Hall–Kier alpha value is -2.22. The van der Waals surface area contributed by atoms with Gasteiger partial charge in [-0.25, -0.2) is 4.68 Å². The fourth-order valence-corrected chi connectivity index (χ4v) is 3.10. The normalized spacial score (nSPS) is 20.7. The van der Waals surface area contributed by atoms with Gasteiger partial charge >= 0.3 is 0 Å². The van der Waals surface area contributed by atoms with Crippen LogP contribution in [0.15, 0.2) is 23.0 Å². The summed E-state index contributed by atoms with van der Waals surface area (Å²) in [5.41, 5.74) is 0.615. The van der Waals surface area contributed by atoms with Crippen LogP contribution in [0.3, 0.4) is 0 Å². The highest BCUT2D eigenvalue weighted by molar-refractivity contribution is 5.93. The Morgan fingerprint density at radius 3 is 2.74 bits per heavy atom. The quantitative estimate of drug-likeness (QED) is 0.841. The standard InChI is InChI=1S/C15H20N6O2/c1-11(14-16-17-18-21(14)13-2-3-13)19-5-7-20(8-6-19)15(22)12-4-9-23-10-12/h4,9-11,13H,2-3,5-8H2,1H3. The number of furan rings is 1. The lowest BCUT2D eigenvalue weighted by molar-refractivity contribution is 0.0570. The third-order valence-electron chi connectivity index (χ3n) is 4.70. The zero-order valence-corrected chi connectivity index (χ0v) is 13.1. The van der Waals surface area contributed by atoms with Gasteiger partial charge in [-0.2, -0.15) is 0 Å². The average Bonchev–Trinajstić information content (AvgIpc) is 3.09. The predicted octanol–water partition coefficient (Wildman–Crippen LogP) is 1.12. The zero-order valence-electron chi connectivity index (χ0n) is 13.1. The SMILES string of the molecule is CC(c1nnnn1C1CC1)N1CCN(C(=O)c2ccoc2)CC1. The summed E-state index contributed by atoms with van der Waals surface area (Å²) in [6.45, 7) is 5.20. The highest BCUT2D eigenvalue weighted by Gasteiger charge is 2.33. The van der Waals surface area contributed by atoms with Crippen LogP contribution in [0, 0.1) is 0 Å². The highest BCUT2D eigenvalue weighted by Crippen LogP contribution is 2.36. The molecule has 3 heterocycles. The third-order valence-corrected chi connectivity index (χ3v) is 4.70. The van der Waals surface area contributed by atoms with Crippen molar-refractivity contribution >= 4 is 5.91 Å². The Labute approximate surface area is 134 Å². The average molecular weight is 316 g/mol. The predicted molar refractivity (Wildman–Crippen MR) is 80.7 cm³/mol. The molecule has 0 aromatic carbocycles. The first-order valence-electron chi connectivity index (χ1n) is 8.07. The number of hydrogen-bond donors (Lipinski definition) is 0. The Bertz CT molecular complexity index is 670. The van der Waals surface area contributed by atoms with Crippen LogP contribution in [0.4, 0.5) is 0 Å². The molecule has 4 rings (SSSR count). The van der Waals surface area contributed by atoms with Gasteiger partial charge in [-0.05, 0) is 36.3 Å². The van der Waals surface area contributed by atoms with Gasteiger partial charge in [-0.1, -0.05) is 0 Å². The van der Waals surface area contributed by atoms with E-state index >= 15 is 0 Å². The molecule has 1 saturated carbocycles. The second-order valence-electron chi connectivity index (χ2n) is 6.23. The van der Waals surface area contributed by atoms with Crippen molar-refractivity contribution < 1.29 is 9.21 Å². The van der Waals surface area contributed by atoms with Crippen LogP contribution in [0.25, 0.3) is 0 Å². The van der Waals surface area contributed by atoms with Crippen LogP contribution in [-0.4, -0.2) is 62.1 Å². The molecule has 2 fully saturated rings. The number of tetrazole rings is 1. The maximum atomic E-state index is 12.3. The summed E-state index contributed by atoms with van der Waals surface area (Å²) in [4.78, 5) is 16.5. The summed E-state index contributed by atoms with van der Waals surface area (Å²) in [6, 6.07) is 2.35. The number of rotatable bonds is 4. The molecule has 1 amide bonds. The van der Waals surface area contributed by atoms with E-state index in [1.807, 2.05) is 9.58 Å². The number of aromatic nitrogens is 4. The maximum Gasteiger partial charge on any atom is 0.257 e. The van der Waals surface area contributed by atoms with E-state index in [1.165, 1.54) is 12.5 Å². The lowest BCUT2D eigenvalue weighted by atomic mass is 10.2. The minimum atomic E-state index is 0.0360. The molecule has 8 nitrogen and oxygen atoms in total. The Morgan fingerprint density at radius 1 is 1.30 bits per heavy atom. The number of amides is 1. The Balaban J connectivity index is 1.39. The van der Waals surface area contributed by atoms with Crippen molar-refractivity contribution in [2.75, 3.05) is 26.2 Å². The van der Waals surface area contributed by atoms with Gasteiger partial charge in [-0.3, -0.25) is 9.69 Å². The summed E-state index contributed by atoms with van der Waals surface area (Å²) in [5, 5.41) is 12.2. The molecule has 2 aliphatic rings. The molecule has 8 heteroatoms. The fraction of sp³-hybridized carbons (Fsp3) is 0.600. The minimum Gasteiger partial charge on any atom is -0.472 e. The largest absolute Gasteiger partial charge is 0.472 e. The van der Waals surface area contributed by atoms with E-state index in [0.29, 0.717) is 24.7 Å². The van der Waals surface area contributed by atoms with E-state index in [0.717, 1.165) is 31.8 Å². The number of hydrogen-bond acceptors (Lipinski definition) is 6. The van der Waals surface area contributed by atoms with Gasteiger partial charge in [0.05, 0.1) is 23.9 Å².